The Kier molecular flexibility index (Phi) is 5.30. The number of hydrogen-bond acceptors (Lipinski definition) is 4. The molecule has 1 aliphatic rings. The topological polar surface area (TPSA) is 70.7 Å². The van der Waals surface area contributed by atoms with Crippen LogP contribution in [0.3, 0.4) is 0 Å². The van der Waals surface area contributed by atoms with Crippen LogP contribution in [0, 0.1) is 0 Å². The lowest BCUT2D eigenvalue weighted by Crippen LogP contribution is -2.51. The van der Waals surface area contributed by atoms with Crippen molar-refractivity contribution in [3.05, 3.63) is 60.2 Å². The van der Waals surface area contributed by atoms with Crippen molar-refractivity contribution in [1.82, 2.24) is 10.2 Å². The number of methoxy groups -OCH3 is 1. The molecule has 3 rings (SSSR count). The van der Waals surface area contributed by atoms with Crippen LogP contribution >= 0.6 is 0 Å². The number of ether oxygens (including phenoxy) is 1. The zero-order valence-electron chi connectivity index (χ0n) is 14.1. The van der Waals surface area contributed by atoms with Gasteiger partial charge in [0.15, 0.2) is 0 Å². The van der Waals surface area contributed by atoms with Crippen LogP contribution in [-0.4, -0.2) is 43.5 Å². The average Bonchev–Trinajstić information content (AvgIpc) is 2.63. The molecule has 2 aromatic rings. The van der Waals surface area contributed by atoms with Crippen LogP contribution in [0.4, 0.5) is 5.69 Å². The van der Waals surface area contributed by atoms with E-state index < -0.39 is 6.04 Å². The van der Waals surface area contributed by atoms with E-state index in [-0.39, 0.29) is 18.4 Å². The van der Waals surface area contributed by atoms with Crippen LogP contribution in [0.15, 0.2) is 54.6 Å². The highest BCUT2D eigenvalue weighted by Crippen LogP contribution is 2.24. The number of rotatable bonds is 5. The highest BCUT2D eigenvalue weighted by atomic mass is 16.5. The Balaban J connectivity index is 1.85. The Labute approximate surface area is 146 Å². The Morgan fingerprint density at radius 1 is 1.20 bits per heavy atom. The third kappa shape index (κ3) is 4.16. The number of piperazine rings is 1. The zero-order valence-corrected chi connectivity index (χ0v) is 14.1. The molecule has 2 aromatic carbocycles. The maximum Gasteiger partial charge on any atom is 0.246 e. The van der Waals surface area contributed by atoms with E-state index in [1.165, 1.54) is 0 Å². The van der Waals surface area contributed by atoms with Crippen molar-refractivity contribution >= 4 is 17.5 Å². The number of carbonyl (C=O) groups excluding carboxylic acids is 2. The number of amides is 2. The summed E-state index contributed by atoms with van der Waals surface area (Å²) in [5, 5.41) is 5.73. The van der Waals surface area contributed by atoms with Crippen molar-refractivity contribution in [2.24, 2.45) is 0 Å². The van der Waals surface area contributed by atoms with E-state index in [2.05, 4.69) is 10.6 Å². The maximum atomic E-state index is 13.0. The van der Waals surface area contributed by atoms with Crippen LogP contribution in [0.1, 0.15) is 11.6 Å². The molecule has 6 nitrogen and oxygen atoms in total. The number of anilines is 1. The van der Waals surface area contributed by atoms with Crippen molar-refractivity contribution in [3.63, 3.8) is 0 Å². The molecule has 1 saturated heterocycles. The predicted octanol–water partition coefficient (Wildman–Crippen LogP) is 1.81. The predicted molar refractivity (Wildman–Crippen MR) is 95.4 cm³/mol. The number of nitrogens with zero attached hydrogens (tertiary/aromatic N) is 1. The van der Waals surface area contributed by atoms with Gasteiger partial charge in [-0.2, -0.15) is 0 Å². The Hall–Kier alpha value is -2.86. The lowest BCUT2D eigenvalue weighted by Gasteiger charge is -2.33. The van der Waals surface area contributed by atoms with Gasteiger partial charge in [-0.1, -0.05) is 36.4 Å². The van der Waals surface area contributed by atoms with Gasteiger partial charge in [-0.3, -0.25) is 14.5 Å². The first kappa shape index (κ1) is 17.0. The Morgan fingerprint density at radius 2 is 2.00 bits per heavy atom. The highest BCUT2D eigenvalue weighted by molar-refractivity contribution is 5.96. The minimum absolute atomic E-state index is 0.0682. The Morgan fingerprint density at radius 3 is 2.72 bits per heavy atom. The van der Waals surface area contributed by atoms with Crippen molar-refractivity contribution in [1.29, 1.82) is 0 Å². The molecule has 0 bridgehead atoms. The van der Waals surface area contributed by atoms with Crippen molar-refractivity contribution < 1.29 is 14.3 Å². The molecule has 1 atom stereocenters. The van der Waals surface area contributed by atoms with Gasteiger partial charge in [0, 0.05) is 24.8 Å². The molecule has 0 spiro atoms. The van der Waals surface area contributed by atoms with E-state index in [4.69, 9.17) is 4.74 Å². The van der Waals surface area contributed by atoms with Gasteiger partial charge in [0.1, 0.15) is 11.8 Å². The maximum absolute atomic E-state index is 13.0. The standard InChI is InChI=1S/C19H21N3O3/c1-25-16-9-5-8-15(12-16)21-19(24)18(14-6-3-2-4-7-14)22-11-10-20-17(23)13-22/h2-9,12,18H,10-11,13H2,1H3,(H,20,23)(H,21,24)/t18-/m0/s1. The fraction of sp³-hybridized carbons (Fsp3) is 0.263. The van der Waals surface area contributed by atoms with E-state index in [0.29, 0.717) is 24.5 Å². The second-order valence-electron chi connectivity index (χ2n) is 5.85. The number of nitrogens with one attached hydrogen (secondary N) is 2. The molecule has 6 heteroatoms. The number of carbonyl (C=O) groups is 2. The Bertz CT molecular complexity index is 749. The van der Waals surface area contributed by atoms with Gasteiger partial charge in [-0.15, -0.1) is 0 Å². The molecule has 1 aliphatic heterocycles. The van der Waals surface area contributed by atoms with E-state index in [0.717, 1.165) is 5.56 Å². The molecular formula is C19H21N3O3. The van der Waals surface area contributed by atoms with Crippen LogP contribution in [0.25, 0.3) is 0 Å². The van der Waals surface area contributed by atoms with Crippen molar-refractivity contribution in [3.8, 4) is 5.75 Å². The molecule has 0 saturated carbocycles. The second kappa shape index (κ2) is 7.81. The summed E-state index contributed by atoms with van der Waals surface area (Å²) in [7, 11) is 1.58. The summed E-state index contributed by atoms with van der Waals surface area (Å²) in [6, 6.07) is 16.2. The molecule has 2 amide bonds. The lowest BCUT2D eigenvalue weighted by molar-refractivity contribution is -0.128. The molecule has 1 fully saturated rings. The molecule has 1 heterocycles. The summed E-state index contributed by atoms with van der Waals surface area (Å²) in [4.78, 5) is 26.7. The van der Waals surface area contributed by atoms with Gasteiger partial charge in [0.2, 0.25) is 11.8 Å². The summed E-state index contributed by atoms with van der Waals surface area (Å²) in [5.74, 6) is 0.432. The summed E-state index contributed by atoms with van der Waals surface area (Å²) >= 11 is 0. The first-order valence-electron chi connectivity index (χ1n) is 8.18. The van der Waals surface area contributed by atoms with E-state index in [9.17, 15) is 9.59 Å². The normalized spacial score (nSPS) is 16.0. The summed E-state index contributed by atoms with van der Waals surface area (Å²) in [5.41, 5.74) is 1.52. The molecule has 2 N–H and O–H groups in total. The SMILES string of the molecule is COc1cccc(NC(=O)[C@H](c2ccccc2)N2CCNC(=O)C2)c1. The fourth-order valence-corrected chi connectivity index (χ4v) is 2.95. The van der Waals surface area contributed by atoms with Gasteiger partial charge in [-0.05, 0) is 17.7 Å². The monoisotopic (exact) mass is 339 g/mol. The second-order valence-corrected chi connectivity index (χ2v) is 5.85. The molecule has 25 heavy (non-hydrogen) atoms. The largest absolute Gasteiger partial charge is 0.497 e. The first-order chi connectivity index (χ1) is 12.2. The molecule has 0 radical (unpaired) electrons. The van der Waals surface area contributed by atoms with Gasteiger partial charge in [0.05, 0.1) is 13.7 Å². The minimum Gasteiger partial charge on any atom is -0.497 e. The fourth-order valence-electron chi connectivity index (χ4n) is 2.95. The molecule has 0 aliphatic carbocycles. The van der Waals surface area contributed by atoms with Crippen LogP contribution < -0.4 is 15.4 Å². The number of benzene rings is 2. The van der Waals surface area contributed by atoms with Crippen molar-refractivity contribution in [2.75, 3.05) is 32.1 Å². The highest BCUT2D eigenvalue weighted by Gasteiger charge is 2.31. The first-order valence-corrected chi connectivity index (χ1v) is 8.18. The third-order valence-electron chi connectivity index (χ3n) is 4.13. The third-order valence-corrected chi connectivity index (χ3v) is 4.13. The van der Waals surface area contributed by atoms with Gasteiger partial charge >= 0.3 is 0 Å². The van der Waals surface area contributed by atoms with E-state index in [1.807, 2.05) is 53.4 Å². The van der Waals surface area contributed by atoms with Crippen LogP contribution in [0.2, 0.25) is 0 Å². The van der Waals surface area contributed by atoms with Gasteiger partial charge in [0.25, 0.3) is 0 Å². The van der Waals surface area contributed by atoms with Gasteiger partial charge in [-0.25, -0.2) is 0 Å². The van der Waals surface area contributed by atoms with Crippen LogP contribution in [-0.2, 0) is 9.59 Å². The molecule has 0 aromatic heterocycles. The minimum atomic E-state index is -0.529. The quantitative estimate of drug-likeness (QED) is 0.872. The van der Waals surface area contributed by atoms with Crippen molar-refractivity contribution in [2.45, 2.75) is 6.04 Å². The number of hydrogen-bond donors (Lipinski definition) is 2. The summed E-state index contributed by atoms with van der Waals surface area (Å²) in [6.45, 7) is 1.36. The van der Waals surface area contributed by atoms with Crippen LogP contribution in [0.5, 0.6) is 5.75 Å². The van der Waals surface area contributed by atoms with Gasteiger partial charge < -0.3 is 15.4 Å². The molecule has 0 unspecified atom stereocenters. The lowest BCUT2D eigenvalue weighted by atomic mass is 10.0. The molecular weight excluding hydrogens is 318 g/mol. The zero-order chi connectivity index (χ0) is 17.6. The average molecular weight is 339 g/mol. The summed E-state index contributed by atoms with van der Waals surface area (Å²) in [6.07, 6.45) is 0. The molecule has 130 valence electrons. The van der Waals surface area contributed by atoms with E-state index in [1.54, 1.807) is 13.2 Å². The smallest absolute Gasteiger partial charge is 0.246 e. The van der Waals surface area contributed by atoms with E-state index >= 15 is 0 Å². The summed E-state index contributed by atoms with van der Waals surface area (Å²) < 4.78 is 5.20.